The minimum Gasteiger partial charge on any atom is -0.381 e. The number of hydrogen-bond acceptors (Lipinski definition) is 1. The highest BCUT2D eigenvalue weighted by Gasteiger charge is 1.84. The van der Waals surface area contributed by atoms with E-state index in [2.05, 4.69) is 6.92 Å². The Morgan fingerprint density at radius 1 is 1.22 bits per heavy atom. The van der Waals surface area contributed by atoms with Crippen molar-refractivity contribution in [2.45, 2.75) is 32.5 Å². The van der Waals surface area contributed by atoms with E-state index in [4.69, 9.17) is 12.6 Å². The van der Waals surface area contributed by atoms with Gasteiger partial charge < -0.3 is 4.74 Å². The Hall–Kier alpha value is 0.0249. The van der Waals surface area contributed by atoms with Crippen LogP contribution in [-0.2, 0) is 4.74 Å². The monoisotopic (exact) mass is 126 g/mol. The van der Waals surface area contributed by atoms with Gasteiger partial charge in [-0.15, -0.1) is 0 Å². The van der Waals surface area contributed by atoms with Gasteiger partial charge in [0.25, 0.3) is 0 Å². The Kier molecular flexibility index (Phi) is 8.05. The molecule has 52 valence electrons. The van der Waals surface area contributed by atoms with Crippen LogP contribution in [0, 0.1) is 0 Å². The van der Waals surface area contributed by atoms with Crippen LogP contribution in [-0.4, -0.2) is 21.1 Å². The number of hydrogen-bond donors (Lipinski definition) is 0. The SMILES string of the molecule is [B]CCCCOCCC. The molecule has 0 aromatic carbocycles. The molecule has 2 heteroatoms. The normalized spacial score (nSPS) is 9.89. The third kappa shape index (κ3) is 8.02. The zero-order chi connectivity index (χ0) is 6.95. The maximum atomic E-state index is 5.29. The predicted octanol–water partition coefficient (Wildman–Crippen LogP) is 1.78. The molecule has 1 nitrogen and oxygen atoms in total. The third-order valence-electron chi connectivity index (χ3n) is 1.09. The molecule has 0 atom stereocenters. The van der Waals surface area contributed by atoms with Crippen LogP contribution in [0.3, 0.4) is 0 Å². The summed E-state index contributed by atoms with van der Waals surface area (Å²) in [6.45, 7) is 3.89. The molecule has 0 aliphatic carbocycles. The second-order valence-corrected chi connectivity index (χ2v) is 2.11. The molecule has 0 heterocycles. The summed E-state index contributed by atoms with van der Waals surface area (Å²) >= 11 is 0. The lowest BCUT2D eigenvalue weighted by atomic mass is 10.0. The Bertz CT molecular complexity index is 42.2. The summed E-state index contributed by atoms with van der Waals surface area (Å²) < 4.78 is 5.23. The van der Waals surface area contributed by atoms with Gasteiger partial charge in [-0.1, -0.05) is 19.7 Å². The highest BCUT2D eigenvalue weighted by Crippen LogP contribution is 1.93. The predicted molar refractivity (Wildman–Crippen MR) is 40.9 cm³/mol. The number of ether oxygens (including phenoxy) is 1. The van der Waals surface area contributed by atoms with E-state index in [1.165, 1.54) is 0 Å². The molecule has 2 radical (unpaired) electrons. The van der Waals surface area contributed by atoms with Gasteiger partial charge in [-0.25, -0.2) is 0 Å². The van der Waals surface area contributed by atoms with Crippen LogP contribution in [0.25, 0.3) is 0 Å². The third-order valence-corrected chi connectivity index (χ3v) is 1.09. The molecule has 0 unspecified atom stereocenters. The zero-order valence-corrected chi connectivity index (χ0v) is 6.23. The molecule has 0 saturated heterocycles. The van der Waals surface area contributed by atoms with Crippen molar-refractivity contribution in [3.63, 3.8) is 0 Å². The van der Waals surface area contributed by atoms with Gasteiger partial charge in [-0.3, -0.25) is 0 Å². The summed E-state index contributed by atoms with van der Waals surface area (Å²) in [6, 6.07) is 0. The van der Waals surface area contributed by atoms with Crippen LogP contribution < -0.4 is 0 Å². The summed E-state index contributed by atoms with van der Waals surface area (Å²) in [7, 11) is 5.29. The van der Waals surface area contributed by atoms with Crippen LogP contribution in [0.5, 0.6) is 0 Å². The van der Waals surface area contributed by atoms with E-state index in [9.17, 15) is 0 Å². The molecule has 0 aromatic rings. The van der Waals surface area contributed by atoms with Crippen LogP contribution >= 0.6 is 0 Å². The maximum Gasteiger partial charge on any atom is 0.0653 e. The second-order valence-electron chi connectivity index (χ2n) is 2.11. The summed E-state index contributed by atoms with van der Waals surface area (Å²) in [5.74, 6) is 0. The first-order chi connectivity index (χ1) is 4.41. The Morgan fingerprint density at radius 2 is 2.00 bits per heavy atom. The van der Waals surface area contributed by atoms with Crippen molar-refractivity contribution in [3.8, 4) is 0 Å². The highest BCUT2D eigenvalue weighted by atomic mass is 16.5. The summed E-state index contributed by atoms with van der Waals surface area (Å²) in [4.78, 5) is 0. The van der Waals surface area contributed by atoms with Crippen LogP contribution in [0.2, 0.25) is 6.32 Å². The van der Waals surface area contributed by atoms with Gasteiger partial charge in [0.1, 0.15) is 0 Å². The van der Waals surface area contributed by atoms with Gasteiger partial charge in [0, 0.05) is 13.2 Å². The van der Waals surface area contributed by atoms with E-state index in [0.717, 1.165) is 38.8 Å². The quantitative estimate of drug-likeness (QED) is 0.389. The fraction of sp³-hybridized carbons (Fsp3) is 1.00. The van der Waals surface area contributed by atoms with Gasteiger partial charge >= 0.3 is 0 Å². The average Bonchev–Trinajstić information content (AvgIpc) is 1.89. The molecular weight excluding hydrogens is 111 g/mol. The van der Waals surface area contributed by atoms with Crippen molar-refractivity contribution in [2.24, 2.45) is 0 Å². The Labute approximate surface area is 59.2 Å². The standard InChI is InChI=1S/C7H15BO/c1-2-6-9-7-4-3-5-8/h2-7H2,1H3. The minimum absolute atomic E-state index is 0.787. The molecule has 0 bridgehead atoms. The molecule has 0 aromatic heterocycles. The summed E-state index contributed by atoms with van der Waals surface area (Å²) in [5.41, 5.74) is 0. The smallest absolute Gasteiger partial charge is 0.0653 e. The van der Waals surface area contributed by atoms with Gasteiger partial charge in [0.15, 0.2) is 0 Å². The van der Waals surface area contributed by atoms with E-state index in [0.29, 0.717) is 0 Å². The first-order valence-corrected chi connectivity index (χ1v) is 3.69. The maximum absolute atomic E-state index is 5.29. The summed E-state index contributed by atoms with van der Waals surface area (Å²) in [6.07, 6.45) is 4.10. The van der Waals surface area contributed by atoms with Crippen molar-refractivity contribution in [1.29, 1.82) is 0 Å². The molecule has 0 N–H and O–H groups in total. The van der Waals surface area contributed by atoms with Crippen LogP contribution in [0.1, 0.15) is 26.2 Å². The van der Waals surface area contributed by atoms with Crippen molar-refractivity contribution >= 4 is 7.85 Å². The van der Waals surface area contributed by atoms with Gasteiger partial charge in [0.2, 0.25) is 0 Å². The van der Waals surface area contributed by atoms with Crippen molar-refractivity contribution in [3.05, 3.63) is 0 Å². The van der Waals surface area contributed by atoms with E-state index in [1.807, 2.05) is 0 Å². The lowest BCUT2D eigenvalue weighted by Crippen LogP contribution is -1.94. The average molecular weight is 126 g/mol. The number of unbranched alkanes of at least 4 members (excludes halogenated alkanes) is 1. The first-order valence-electron chi connectivity index (χ1n) is 3.69. The summed E-state index contributed by atoms with van der Waals surface area (Å²) in [5, 5.41) is 0. The number of rotatable bonds is 6. The molecule has 0 aliphatic rings. The lowest BCUT2D eigenvalue weighted by molar-refractivity contribution is 0.132. The van der Waals surface area contributed by atoms with Crippen molar-refractivity contribution in [1.82, 2.24) is 0 Å². The van der Waals surface area contributed by atoms with Gasteiger partial charge in [-0.2, -0.15) is 0 Å². The van der Waals surface area contributed by atoms with Crippen LogP contribution in [0.15, 0.2) is 0 Å². The Morgan fingerprint density at radius 3 is 2.56 bits per heavy atom. The van der Waals surface area contributed by atoms with Crippen molar-refractivity contribution in [2.75, 3.05) is 13.2 Å². The lowest BCUT2D eigenvalue weighted by Gasteiger charge is -1.99. The molecule has 0 fully saturated rings. The molecule has 0 spiro atoms. The van der Waals surface area contributed by atoms with Crippen molar-refractivity contribution < 1.29 is 4.74 Å². The minimum atomic E-state index is 0.787. The molecule has 0 aliphatic heterocycles. The Balaban J connectivity index is 2.60. The first kappa shape index (κ1) is 9.02. The fourth-order valence-corrected chi connectivity index (χ4v) is 0.595. The van der Waals surface area contributed by atoms with Gasteiger partial charge in [0.05, 0.1) is 7.85 Å². The second kappa shape index (κ2) is 8.02. The largest absolute Gasteiger partial charge is 0.381 e. The highest BCUT2D eigenvalue weighted by molar-refractivity contribution is 6.08. The molecule has 0 rings (SSSR count). The van der Waals surface area contributed by atoms with Gasteiger partial charge in [-0.05, 0) is 12.8 Å². The molecule has 0 amide bonds. The zero-order valence-electron chi connectivity index (χ0n) is 6.23. The molecule has 9 heavy (non-hydrogen) atoms. The van der Waals surface area contributed by atoms with E-state index in [-0.39, 0.29) is 0 Å². The van der Waals surface area contributed by atoms with E-state index in [1.54, 1.807) is 0 Å². The topological polar surface area (TPSA) is 9.23 Å². The van der Waals surface area contributed by atoms with E-state index >= 15 is 0 Å². The van der Waals surface area contributed by atoms with Crippen LogP contribution in [0.4, 0.5) is 0 Å². The van der Waals surface area contributed by atoms with E-state index < -0.39 is 0 Å². The molecule has 0 saturated carbocycles. The molecular formula is C7H15BO. The fourth-order valence-electron chi connectivity index (χ4n) is 0.595.